The first-order valence-corrected chi connectivity index (χ1v) is 9.08. The van der Waals surface area contributed by atoms with Crippen LogP contribution < -0.4 is 0 Å². The zero-order valence-electron chi connectivity index (χ0n) is 14.9. The van der Waals surface area contributed by atoms with Crippen molar-refractivity contribution in [2.24, 2.45) is 0 Å². The monoisotopic (exact) mass is 349 g/mol. The van der Waals surface area contributed by atoms with E-state index in [4.69, 9.17) is 10.1 Å². The van der Waals surface area contributed by atoms with Crippen molar-refractivity contribution in [3.63, 3.8) is 0 Å². The molecule has 1 fully saturated rings. The van der Waals surface area contributed by atoms with Crippen LogP contribution in [0.15, 0.2) is 42.5 Å². The molecule has 0 radical (unpaired) electrons. The fourth-order valence-electron chi connectivity index (χ4n) is 3.69. The molecule has 1 saturated heterocycles. The molecule has 0 saturated carbocycles. The number of carbonyl (C=O) groups excluding carboxylic acids is 1. The topological polar surface area (TPSA) is 69.2 Å². The van der Waals surface area contributed by atoms with Crippen molar-refractivity contribution in [3.8, 4) is 0 Å². The SMILES string of the molecule is Cc1ccc2nc(C3CCCN3C(=O)Cc3ccc(CO)cc3)[nH]c2c1. The number of amides is 1. The summed E-state index contributed by atoms with van der Waals surface area (Å²) < 4.78 is 0. The van der Waals surface area contributed by atoms with Gasteiger partial charge in [-0.2, -0.15) is 0 Å². The minimum absolute atomic E-state index is 0.0203. The normalized spacial score (nSPS) is 17.2. The molecule has 0 aliphatic carbocycles. The maximum absolute atomic E-state index is 12.9. The predicted octanol–water partition coefficient (Wildman–Crippen LogP) is 3.27. The molecule has 2 N–H and O–H groups in total. The number of aromatic amines is 1. The standard InChI is InChI=1S/C21H23N3O2/c1-14-4-9-17-18(11-14)23-21(22-17)19-3-2-10-24(19)20(26)12-15-5-7-16(13-25)8-6-15/h4-9,11,19,25H,2-3,10,12-13H2,1H3,(H,22,23). The Bertz CT molecular complexity index is 930. The van der Waals surface area contributed by atoms with Crippen LogP contribution in [0.4, 0.5) is 0 Å². The van der Waals surface area contributed by atoms with Crippen LogP contribution in [-0.2, 0) is 17.8 Å². The minimum atomic E-state index is 0.0203. The lowest BCUT2D eigenvalue weighted by atomic mass is 10.1. The van der Waals surface area contributed by atoms with Gasteiger partial charge in [-0.25, -0.2) is 4.98 Å². The average Bonchev–Trinajstić information content (AvgIpc) is 3.28. The van der Waals surface area contributed by atoms with Crippen molar-refractivity contribution < 1.29 is 9.90 Å². The second kappa shape index (κ2) is 6.92. The number of hydrogen-bond donors (Lipinski definition) is 2. The van der Waals surface area contributed by atoms with Crippen LogP contribution in [0.2, 0.25) is 0 Å². The molecule has 3 aromatic rings. The smallest absolute Gasteiger partial charge is 0.227 e. The average molecular weight is 349 g/mol. The van der Waals surface area contributed by atoms with Gasteiger partial charge in [0.2, 0.25) is 5.91 Å². The lowest BCUT2D eigenvalue weighted by Gasteiger charge is -2.23. The number of aryl methyl sites for hydroxylation is 1. The summed E-state index contributed by atoms with van der Waals surface area (Å²) >= 11 is 0. The van der Waals surface area contributed by atoms with Crippen LogP contribution in [0.25, 0.3) is 11.0 Å². The lowest BCUT2D eigenvalue weighted by Crippen LogP contribution is -2.32. The summed E-state index contributed by atoms with van der Waals surface area (Å²) in [5, 5.41) is 9.14. The molecule has 26 heavy (non-hydrogen) atoms. The summed E-state index contributed by atoms with van der Waals surface area (Å²) in [6, 6.07) is 13.8. The summed E-state index contributed by atoms with van der Waals surface area (Å²) in [6.45, 7) is 2.86. The predicted molar refractivity (Wildman–Crippen MR) is 101 cm³/mol. The van der Waals surface area contributed by atoms with E-state index in [0.29, 0.717) is 6.42 Å². The summed E-state index contributed by atoms with van der Waals surface area (Å²) in [6.07, 6.45) is 2.31. The number of aliphatic hydroxyl groups excluding tert-OH is 1. The van der Waals surface area contributed by atoms with Crippen molar-refractivity contribution in [2.45, 2.75) is 38.8 Å². The summed E-state index contributed by atoms with van der Waals surface area (Å²) in [7, 11) is 0. The maximum Gasteiger partial charge on any atom is 0.227 e. The molecule has 134 valence electrons. The zero-order chi connectivity index (χ0) is 18.1. The molecular formula is C21H23N3O2. The van der Waals surface area contributed by atoms with Crippen molar-refractivity contribution in [1.29, 1.82) is 0 Å². The highest BCUT2D eigenvalue weighted by atomic mass is 16.3. The number of benzene rings is 2. The van der Waals surface area contributed by atoms with E-state index < -0.39 is 0 Å². The number of imidazole rings is 1. The summed E-state index contributed by atoms with van der Waals surface area (Å²) in [4.78, 5) is 22.9. The van der Waals surface area contributed by atoms with Crippen LogP contribution >= 0.6 is 0 Å². The van der Waals surface area contributed by atoms with Gasteiger partial charge in [-0.05, 0) is 48.6 Å². The van der Waals surface area contributed by atoms with E-state index in [1.165, 1.54) is 5.56 Å². The number of rotatable bonds is 4. The number of aliphatic hydroxyl groups is 1. The van der Waals surface area contributed by atoms with Gasteiger partial charge in [0.1, 0.15) is 5.82 Å². The van der Waals surface area contributed by atoms with Crippen molar-refractivity contribution in [3.05, 3.63) is 65.0 Å². The molecule has 5 heteroatoms. The number of hydrogen-bond acceptors (Lipinski definition) is 3. The van der Waals surface area contributed by atoms with Gasteiger partial charge < -0.3 is 15.0 Å². The van der Waals surface area contributed by atoms with Crippen molar-refractivity contribution in [1.82, 2.24) is 14.9 Å². The van der Waals surface area contributed by atoms with Crippen LogP contribution in [0.1, 0.15) is 41.4 Å². The molecule has 1 amide bonds. The minimum Gasteiger partial charge on any atom is -0.392 e. The fourth-order valence-corrected chi connectivity index (χ4v) is 3.69. The number of likely N-dealkylation sites (tertiary alicyclic amines) is 1. The molecule has 1 aliphatic heterocycles. The van der Waals surface area contributed by atoms with Gasteiger partial charge in [-0.1, -0.05) is 30.3 Å². The molecule has 5 nitrogen and oxygen atoms in total. The van der Waals surface area contributed by atoms with Gasteiger partial charge in [0.05, 0.1) is 30.1 Å². The Morgan fingerprint density at radius 1 is 1.23 bits per heavy atom. The molecular weight excluding hydrogens is 326 g/mol. The van der Waals surface area contributed by atoms with Crippen LogP contribution in [0.5, 0.6) is 0 Å². The Morgan fingerprint density at radius 3 is 2.77 bits per heavy atom. The second-order valence-electron chi connectivity index (χ2n) is 7.04. The van der Waals surface area contributed by atoms with Gasteiger partial charge in [0, 0.05) is 6.54 Å². The number of nitrogens with one attached hydrogen (secondary N) is 1. The number of carbonyl (C=O) groups is 1. The van der Waals surface area contributed by atoms with E-state index in [0.717, 1.165) is 47.4 Å². The van der Waals surface area contributed by atoms with Gasteiger partial charge in [0.25, 0.3) is 0 Å². The summed E-state index contributed by atoms with van der Waals surface area (Å²) in [5.41, 5.74) is 5.00. The number of nitrogens with zero attached hydrogens (tertiary/aromatic N) is 2. The third-order valence-corrected chi connectivity index (χ3v) is 5.11. The van der Waals surface area contributed by atoms with Gasteiger partial charge in [-0.15, -0.1) is 0 Å². The number of fused-ring (bicyclic) bond motifs is 1. The van der Waals surface area contributed by atoms with Gasteiger partial charge in [-0.3, -0.25) is 4.79 Å². The number of aromatic nitrogens is 2. The Morgan fingerprint density at radius 2 is 2.00 bits per heavy atom. The first-order chi connectivity index (χ1) is 12.6. The van der Waals surface area contributed by atoms with Crippen molar-refractivity contribution >= 4 is 16.9 Å². The Kier molecular flexibility index (Phi) is 4.47. The fraction of sp³-hybridized carbons (Fsp3) is 0.333. The van der Waals surface area contributed by atoms with Crippen LogP contribution in [0, 0.1) is 6.92 Å². The molecule has 1 aliphatic rings. The highest BCUT2D eigenvalue weighted by molar-refractivity contribution is 5.80. The molecule has 1 aromatic heterocycles. The van der Waals surface area contributed by atoms with E-state index in [9.17, 15) is 4.79 Å². The van der Waals surface area contributed by atoms with E-state index in [2.05, 4.69) is 24.0 Å². The first kappa shape index (κ1) is 16.8. The van der Waals surface area contributed by atoms with E-state index >= 15 is 0 Å². The quantitative estimate of drug-likeness (QED) is 0.759. The zero-order valence-corrected chi connectivity index (χ0v) is 14.9. The third-order valence-electron chi connectivity index (χ3n) is 5.11. The van der Waals surface area contributed by atoms with Gasteiger partial charge in [0.15, 0.2) is 0 Å². The lowest BCUT2D eigenvalue weighted by molar-refractivity contribution is -0.131. The second-order valence-corrected chi connectivity index (χ2v) is 7.04. The first-order valence-electron chi connectivity index (χ1n) is 9.08. The largest absolute Gasteiger partial charge is 0.392 e. The van der Waals surface area contributed by atoms with E-state index in [1.807, 2.05) is 35.2 Å². The van der Waals surface area contributed by atoms with Crippen molar-refractivity contribution in [2.75, 3.05) is 6.54 Å². The molecule has 2 heterocycles. The molecule has 0 spiro atoms. The molecule has 1 atom stereocenters. The van der Waals surface area contributed by atoms with Crippen LogP contribution in [-0.4, -0.2) is 32.4 Å². The number of H-pyrrole nitrogens is 1. The molecule has 0 bridgehead atoms. The van der Waals surface area contributed by atoms with E-state index in [-0.39, 0.29) is 18.6 Å². The Balaban J connectivity index is 1.53. The van der Waals surface area contributed by atoms with Crippen LogP contribution in [0.3, 0.4) is 0 Å². The summed E-state index contributed by atoms with van der Waals surface area (Å²) in [5.74, 6) is 1.01. The highest BCUT2D eigenvalue weighted by Crippen LogP contribution is 2.32. The molecule has 2 aromatic carbocycles. The highest BCUT2D eigenvalue weighted by Gasteiger charge is 2.31. The Labute approximate surface area is 152 Å². The molecule has 4 rings (SSSR count). The maximum atomic E-state index is 12.9. The molecule has 1 unspecified atom stereocenters. The van der Waals surface area contributed by atoms with E-state index in [1.54, 1.807) is 0 Å². The Hall–Kier alpha value is -2.66. The van der Waals surface area contributed by atoms with Gasteiger partial charge >= 0.3 is 0 Å². The third kappa shape index (κ3) is 3.22.